The van der Waals surface area contributed by atoms with E-state index in [1.54, 1.807) is 0 Å². The molecule has 0 aromatic heterocycles. The molecule has 2 rings (SSSR count). The molecule has 4 heteroatoms. The lowest BCUT2D eigenvalue weighted by Crippen LogP contribution is -2.28. The van der Waals surface area contributed by atoms with Crippen LogP contribution in [0.2, 0.25) is 0 Å². The van der Waals surface area contributed by atoms with Gasteiger partial charge in [0.25, 0.3) is 0 Å². The van der Waals surface area contributed by atoms with Crippen molar-refractivity contribution in [2.24, 2.45) is 11.7 Å². The summed E-state index contributed by atoms with van der Waals surface area (Å²) in [5.41, 5.74) is 8.17. The Morgan fingerprint density at radius 3 is 2.73 bits per heavy atom. The van der Waals surface area contributed by atoms with Crippen molar-refractivity contribution in [2.45, 2.75) is 52.1 Å². The van der Waals surface area contributed by atoms with E-state index in [0.717, 1.165) is 44.6 Å². The summed E-state index contributed by atoms with van der Waals surface area (Å²) in [6.07, 6.45) is 3.83. The Labute approximate surface area is 134 Å². The van der Waals surface area contributed by atoms with Gasteiger partial charge in [0.1, 0.15) is 0 Å². The SMILES string of the molecule is CCN(CC)Cc1cccc(NC(=O)C[C@@H]2CCC[C@H]2N)c1. The molecule has 0 unspecified atom stereocenters. The first-order valence-corrected chi connectivity index (χ1v) is 8.49. The van der Waals surface area contributed by atoms with Gasteiger partial charge in [-0.15, -0.1) is 0 Å². The molecule has 0 aliphatic heterocycles. The highest BCUT2D eigenvalue weighted by atomic mass is 16.1. The number of carbonyl (C=O) groups excluding carboxylic acids is 1. The van der Waals surface area contributed by atoms with Crippen LogP contribution in [0.5, 0.6) is 0 Å². The van der Waals surface area contributed by atoms with Gasteiger partial charge >= 0.3 is 0 Å². The van der Waals surface area contributed by atoms with Crippen LogP contribution in [0.4, 0.5) is 5.69 Å². The van der Waals surface area contributed by atoms with Crippen LogP contribution >= 0.6 is 0 Å². The number of benzene rings is 1. The van der Waals surface area contributed by atoms with Gasteiger partial charge in [0.15, 0.2) is 0 Å². The fraction of sp³-hybridized carbons (Fsp3) is 0.611. The number of hydrogen-bond donors (Lipinski definition) is 2. The molecule has 1 aliphatic rings. The summed E-state index contributed by atoms with van der Waals surface area (Å²) in [6.45, 7) is 7.32. The van der Waals surface area contributed by atoms with Gasteiger partial charge in [0.2, 0.25) is 5.91 Å². The first kappa shape index (κ1) is 17.0. The van der Waals surface area contributed by atoms with Crippen LogP contribution in [0.25, 0.3) is 0 Å². The van der Waals surface area contributed by atoms with Crippen LogP contribution in [0.1, 0.15) is 45.1 Å². The second kappa shape index (κ2) is 8.30. The van der Waals surface area contributed by atoms with Crippen LogP contribution < -0.4 is 11.1 Å². The Bertz CT molecular complexity index is 485. The molecule has 2 atom stereocenters. The van der Waals surface area contributed by atoms with Crippen molar-refractivity contribution in [1.82, 2.24) is 4.90 Å². The van der Waals surface area contributed by atoms with E-state index in [9.17, 15) is 4.79 Å². The van der Waals surface area contributed by atoms with Crippen LogP contribution in [-0.4, -0.2) is 29.9 Å². The minimum absolute atomic E-state index is 0.0855. The summed E-state index contributed by atoms with van der Waals surface area (Å²) in [5.74, 6) is 0.432. The molecule has 1 aromatic rings. The molecule has 0 saturated heterocycles. The summed E-state index contributed by atoms with van der Waals surface area (Å²) in [7, 11) is 0. The van der Waals surface area contributed by atoms with Crippen molar-refractivity contribution in [2.75, 3.05) is 18.4 Å². The zero-order chi connectivity index (χ0) is 15.9. The molecule has 0 bridgehead atoms. The predicted octanol–water partition coefficient (Wildman–Crippen LogP) is 2.98. The molecule has 1 amide bonds. The van der Waals surface area contributed by atoms with Gasteiger partial charge in [0.05, 0.1) is 0 Å². The minimum Gasteiger partial charge on any atom is -0.327 e. The van der Waals surface area contributed by atoms with Crippen molar-refractivity contribution < 1.29 is 4.79 Å². The smallest absolute Gasteiger partial charge is 0.224 e. The van der Waals surface area contributed by atoms with Crippen molar-refractivity contribution in [3.05, 3.63) is 29.8 Å². The van der Waals surface area contributed by atoms with Crippen LogP contribution in [0.15, 0.2) is 24.3 Å². The Kier molecular flexibility index (Phi) is 6.40. The third kappa shape index (κ3) is 4.82. The van der Waals surface area contributed by atoms with E-state index >= 15 is 0 Å². The first-order valence-electron chi connectivity index (χ1n) is 8.49. The summed E-state index contributed by atoms with van der Waals surface area (Å²) >= 11 is 0. The van der Waals surface area contributed by atoms with E-state index < -0.39 is 0 Å². The molecule has 1 aliphatic carbocycles. The molecule has 0 spiro atoms. The summed E-state index contributed by atoms with van der Waals surface area (Å²) in [6, 6.07) is 8.35. The van der Waals surface area contributed by atoms with Gasteiger partial charge in [-0.1, -0.05) is 32.4 Å². The number of nitrogens with zero attached hydrogens (tertiary/aromatic N) is 1. The summed E-state index contributed by atoms with van der Waals surface area (Å²) < 4.78 is 0. The molecule has 1 saturated carbocycles. The highest BCUT2D eigenvalue weighted by Gasteiger charge is 2.25. The average molecular weight is 303 g/mol. The zero-order valence-corrected chi connectivity index (χ0v) is 13.8. The Hall–Kier alpha value is -1.39. The van der Waals surface area contributed by atoms with Crippen molar-refractivity contribution in [3.8, 4) is 0 Å². The number of rotatable bonds is 7. The van der Waals surface area contributed by atoms with Gasteiger partial charge < -0.3 is 11.1 Å². The summed E-state index contributed by atoms with van der Waals surface area (Å²) in [5, 5.41) is 3.03. The second-order valence-corrected chi connectivity index (χ2v) is 6.27. The van der Waals surface area contributed by atoms with Gasteiger partial charge in [-0.05, 0) is 49.5 Å². The largest absolute Gasteiger partial charge is 0.327 e. The Morgan fingerprint density at radius 1 is 1.32 bits per heavy atom. The third-order valence-corrected chi connectivity index (χ3v) is 4.68. The highest BCUT2D eigenvalue weighted by molar-refractivity contribution is 5.91. The number of carbonyl (C=O) groups is 1. The standard InChI is InChI=1S/C18H29N3O/c1-3-21(4-2)13-14-7-5-9-16(11-14)20-18(22)12-15-8-6-10-17(15)19/h5,7,9,11,15,17H,3-4,6,8,10,12-13,19H2,1-2H3,(H,20,22)/t15-,17+/m0/s1. The Morgan fingerprint density at radius 2 is 2.09 bits per heavy atom. The van der Waals surface area contributed by atoms with Gasteiger partial charge in [-0.25, -0.2) is 0 Å². The van der Waals surface area contributed by atoms with Crippen molar-refractivity contribution >= 4 is 11.6 Å². The second-order valence-electron chi connectivity index (χ2n) is 6.27. The van der Waals surface area contributed by atoms with E-state index in [4.69, 9.17) is 5.73 Å². The van der Waals surface area contributed by atoms with Crippen molar-refractivity contribution in [1.29, 1.82) is 0 Å². The minimum atomic E-state index is 0.0855. The van der Waals surface area contributed by atoms with E-state index in [2.05, 4.69) is 36.2 Å². The maximum Gasteiger partial charge on any atom is 0.224 e. The van der Waals surface area contributed by atoms with E-state index in [-0.39, 0.29) is 11.9 Å². The van der Waals surface area contributed by atoms with Gasteiger partial charge in [0, 0.05) is 24.7 Å². The highest BCUT2D eigenvalue weighted by Crippen LogP contribution is 2.27. The average Bonchev–Trinajstić information content (AvgIpc) is 2.90. The molecule has 22 heavy (non-hydrogen) atoms. The molecule has 0 radical (unpaired) electrons. The topological polar surface area (TPSA) is 58.4 Å². The lowest BCUT2D eigenvalue weighted by molar-refractivity contribution is -0.117. The normalized spacial score (nSPS) is 21.3. The lowest BCUT2D eigenvalue weighted by atomic mass is 10.00. The number of hydrogen-bond acceptors (Lipinski definition) is 3. The fourth-order valence-electron chi connectivity index (χ4n) is 3.22. The Balaban J connectivity index is 1.90. The number of anilines is 1. The van der Waals surface area contributed by atoms with E-state index in [0.29, 0.717) is 12.3 Å². The summed E-state index contributed by atoms with van der Waals surface area (Å²) in [4.78, 5) is 14.5. The molecular weight excluding hydrogens is 274 g/mol. The first-order chi connectivity index (χ1) is 10.6. The molecule has 4 nitrogen and oxygen atoms in total. The van der Waals surface area contributed by atoms with Crippen molar-refractivity contribution in [3.63, 3.8) is 0 Å². The van der Waals surface area contributed by atoms with E-state index in [1.807, 2.05) is 12.1 Å². The monoisotopic (exact) mass is 303 g/mol. The number of nitrogens with two attached hydrogens (primary N) is 1. The van der Waals surface area contributed by atoms with Gasteiger partial charge in [-0.2, -0.15) is 0 Å². The predicted molar refractivity (Wildman–Crippen MR) is 91.6 cm³/mol. The zero-order valence-electron chi connectivity index (χ0n) is 13.8. The molecule has 3 N–H and O–H groups in total. The molecule has 0 heterocycles. The van der Waals surface area contributed by atoms with Gasteiger partial charge in [-0.3, -0.25) is 9.69 Å². The van der Waals surface area contributed by atoms with E-state index in [1.165, 1.54) is 5.56 Å². The quantitative estimate of drug-likeness (QED) is 0.814. The molecule has 1 aromatic carbocycles. The lowest BCUT2D eigenvalue weighted by Gasteiger charge is -2.19. The number of amides is 1. The molecule has 122 valence electrons. The number of nitrogens with one attached hydrogen (secondary N) is 1. The maximum absolute atomic E-state index is 12.2. The molecular formula is C18H29N3O. The molecule has 1 fully saturated rings. The van der Waals surface area contributed by atoms with Crippen LogP contribution in [0.3, 0.4) is 0 Å². The fourth-order valence-corrected chi connectivity index (χ4v) is 3.22. The van der Waals surface area contributed by atoms with Crippen LogP contribution in [-0.2, 0) is 11.3 Å². The maximum atomic E-state index is 12.2. The van der Waals surface area contributed by atoms with Crippen LogP contribution in [0, 0.1) is 5.92 Å². The third-order valence-electron chi connectivity index (χ3n) is 4.68.